The lowest BCUT2D eigenvalue weighted by molar-refractivity contribution is 0.711. The number of nitrogens with zero attached hydrogens (tertiary/aromatic N) is 6. The van der Waals surface area contributed by atoms with Crippen LogP contribution < -0.4 is 0 Å². The van der Waals surface area contributed by atoms with Crippen molar-refractivity contribution in [3.05, 3.63) is 42.0 Å². The maximum Gasteiger partial charge on any atom is 0.182 e. The molecule has 0 amide bonds. The van der Waals surface area contributed by atoms with Crippen molar-refractivity contribution >= 4 is 17.2 Å². The SMILES string of the molecule is Cc1cc2n(C)nnn2c1N=Nc1ccccc1. The van der Waals surface area contributed by atoms with Gasteiger partial charge in [0.15, 0.2) is 11.5 Å². The average molecular weight is 240 g/mol. The molecule has 0 atom stereocenters. The van der Waals surface area contributed by atoms with Gasteiger partial charge in [0.25, 0.3) is 0 Å². The lowest BCUT2D eigenvalue weighted by atomic mass is 10.3. The quantitative estimate of drug-likeness (QED) is 0.646. The molecule has 0 radical (unpaired) electrons. The molecule has 6 heteroatoms. The molecular formula is C12H12N6. The predicted molar refractivity (Wildman–Crippen MR) is 67.3 cm³/mol. The molecule has 18 heavy (non-hydrogen) atoms. The van der Waals surface area contributed by atoms with E-state index in [9.17, 15) is 0 Å². The number of azo groups is 1. The van der Waals surface area contributed by atoms with Crippen LogP contribution in [0.2, 0.25) is 0 Å². The van der Waals surface area contributed by atoms with Crippen molar-refractivity contribution in [2.75, 3.05) is 0 Å². The van der Waals surface area contributed by atoms with E-state index < -0.39 is 0 Å². The number of rotatable bonds is 2. The maximum absolute atomic E-state index is 4.25. The van der Waals surface area contributed by atoms with E-state index in [2.05, 4.69) is 20.7 Å². The smallest absolute Gasteiger partial charge is 0.182 e. The molecule has 0 N–H and O–H groups in total. The summed E-state index contributed by atoms with van der Waals surface area (Å²) in [5, 5.41) is 16.4. The Bertz CT molecular complexity index is 707. The summed E-state index contributed by atoms with van der Waals surface area (Å²) in [6, 6.07) is 11.6. The Morgan fingerprint density at radius 1 is 1.06 bits per heavy atom. The summed E-state index contributed by atoms with van der Waals surface area (Å²) < 4.78 is 3.39. The fourth-order valence-electron chi connectivity index (χ4n) is 1.78. The summed E-state index contributed by atoms with van der Waals surface area (Å²) in [5.41, 5.74) is 2.74. The zero-order chi connectivity index (χ0) is 12.5. The van der Waals surface area contributed by atoms with Gasteiger partial charge in [-0.2, -0.15) is 4.52 Å². The first kappa shape index (κ1) is 10.6. The number of fused-ring (bicyclic) bond motifs is 1. The van der Waals surface area contributed by atoms with Crippen molar-refractivity contribution in [2.24, 2.45) is 17.3 Å². The highest BCUT2D eigenvalue weighted by Gasteiger charge is 2.10. The molecule has 2 heterocycles. The molecule has 0 saturated carbocycles. The Labute approximate surface area is 104 Å². The lowest BCUT2D eigenvalue weighted by Crippen LogP contribution is -1.88. The van der Waals surface area contributed by atoms with Crippen LogP contribution in [0.15, 0.2) is 46.6 Å². The monoisotopic (exact) mass is 240 g/mol. The van der Waals surface area contributed by atoms with Gasteiger partial charge in [-0.25, -0.2) is 4.68 Å². The molecule has 0 spiro atoms. The molecule has 6 nitrogen and oxygen atoms in total. The average Bonchev–Trinajstić information content (AvgIpc) is 2.89. The van der Waals surface area contributed by atoms with Gasteiger partial charge in [0.2, 0.25) is 0 Å². The highest BCUT2D eigenvalue weighted by atomic mass is 15.6. The van der Waals surface area contributed by atoms with Crippen LogP contribution in [0.1, 0.15) is 5.56 Å². The first-order valence-electron chi connectivity index (χ1n) is 5.60. The van der Waals surface area contributed by atoms with Gasteiger partial charge in [0.1, 0.15) is 0 Å². The van der Waals surface area contributed by atoms with Crippen molar-refractivity contribution in [3.63, 3.8) is 0 Å². The van der Waals surface area contributed by atoms with Gasteiger partial charge in [-0.15, -0.1) is 10.2 Å². The largest absolute Gasteiger partial charge is 0.231 e. The summed E-state index contributed by atoms with van der Waals surface area (Å²) in [4.78, 5) is 0. The number of tetrazole rings is 1. The highest BCUT2D eigenvalue weighted by Crippen LogP contribution is 2.24. The van der Waals surface area contributed by atoms with Crippen molar-refractivity contribution in [3.8, 4) is 0 Å². The van der Waals surface area contributed by atoms with E-state index >= 15 is 0 Å². The van der Waals surface area contributed by atoms with E-state index in [1.54, 1.807) is 9.20 Å². The predicted octanol–water partition coefficient (Wildman–Crippen LogP) is 2.79. The molecule has 90 valence electrons. The highest BCUT2D eigenvalue weighted by molar-refractivity contribution is 5.55. The fourth-order valence-corrected chi connectivity index (χ4v) is 1.78. The van der Waals surface area contributed by atoms with Crippen molar-refractivity contribution in [1.29, 1.82) is 0 Å². The van der Waals surface area contributed by atoms with Crippen LogP contribution in [-0.2, 0) is 7.05 Å². The topological polar surface area (TPSA) is 59.8 Å². The molecule has 0 aliphatic rings. The summed E-state index contributed by atoms with van der Waals surface area (Å²) in [6.45, 7) is 1.98. The summed E-state index contributed by atoms with van der Waals surface area (Å²) in [6.07, 6.45) is 0. The normalized spacial score (nSPS) is 11.7. The van der Waals surface area contributed by atoms with Crippen LogP contribution in [0.25, 0.3) is 5.65 Å². The molecule has 0 aliphatic carbocycles. The van der Waals surface area contributed by atoms with E-state index in [4.69, 9.17) is 0 Å². The number of benzene rings is 1. The molecule has 2 aromatic heterocycles. The number of aromatic nitrogens is 4. The van der Waals surface area contributed by atoms with Crippen LogP contribution >= 0.6 is 0 Å². The third-order valence-corrected chi connectivity index (χ3v) is 2.73. The van der Waals surface area contributed by atoms with E-state index in [0.29, 0.717) is 5.82 Å². The van der Waals surface area contributed by atoms with Crippen LogP contribution in [0, 0.1) is 6.92 Å². The zero-order valence-electron chi connectivity index (χ0n) is 10.1. The molecule has 0 aliphatic heterocycles. The van der Waals surface area contributed by atoms with Crippen LogP contribution in [0.4, 0.5) is 11.5 Å². The fraction of sp³-hybridized carbons (Fsp3) is 0.167. The van der Waals surface area contributed by atoms with E-state index in [-0.39, 0.29) is 0 Å². The molecule has 0 unspecified atom stereocenters. The minimum atomic E-state index is 0.710. The standard InChI is InChI=1S/C12H12N6/c1-9-8-11-17(2)15-16-18(11)12(9)14-13-10-6-4-3-5-7-10/h3-8H,1-2H3. The molecule has 0 bridgehead atoms. The second-order valence-electron chi connectivity index (χ2n) is 4.06. The van der Waals surface area contributed by atoms with Gasteiger partial charge in [-0.1, -0.05) is 18.2 Å². The van der Waals surface area contributed by atoms with E-state index in [1.165, 1.54) is 0 Å². The molecule has 3 aromatic rings. The minimum absolute atomic E-state index is 0.710. The van der Waals surface area contributed by atoms with Crippen LogP contribution in [0.3, 0.4) is 0 Å². The van der Waals surface area contributed by atoms with Crippen molar-refractivity contribution in [1.82, 2.24) is 19.6 Å². The minimum Gasteiger partial charge on any atom is -0.231 e. The summed E-state index contributed by atoms with van der Waals surface area (Å²) in [7, 11) is 1.85. The molecule has 1 aromatic carbocycles. The third kappa shape index (κ3) is 1.67. The number of aryl methyl sites for hydroxylation is 2. The first-order chi connectivity index (χ1) is 8.75. The van der Waals surface area contributed by atoms with E-state index in [0.717, 1.165) is 16.9 Å². The van der Waals surface area contributed by atoms with E-state index in [1.807, 2.05) is 50.4 Å². The summed E-state index contributed by atoms with van der Waals surface area (Å²) >= 11 is 0. The second kappa shape index (κ2) is 4.06. The third-order valence-electron chi connectivity index (χ3n) is 2.73. The molecule has 3 rings (SSSR count). The summed E-state index contributed by atoms with van der Waals surface area (Å²) in [5.74, 6) is 0.710. The Morgan fingerprint density at radius 3 is 2.61 bits per heavy atom. The zero-order valence-corrected chi connectivity index (χ0v) is 10.1. The Hall–Kier alpha value is -2.50. The van der Waals surface area contributed by atoms with Crippen molar-refractivity contribution < 1.29 is 0 Å². The first-order valence-corrected chi connectivity index (χ1v) is 5.60. The van der Waals surface area contributed by atoms with Crippen LogP contribution in [-0.4, -0.2) is 19.6 Å². The van der Waals surface area contributed by atoms with Gasteiger partial charge in [-0.3, -0.25) is 0 Å². The molecular weight excluding hydrogens is 228 g/mol. The Balaban J connectivity index is 2.05. The van der Waals surface area contributed by atoms with Gasteiger partial charge in [0, 0.05) is 7.05 Å². The maximum atomic E-state index is 4.25. The Morgan fingerprint density at radius 2 is 1.83 bits per heavy atom. The Kier molecular flexibility index (Phi) is 2.40. The van der Waals surface area contributed by atoms with Gasteiger partial charge < -0.3 is 0 Å². The van der Waals surface area contributed by atoms with Gasteiger partial charge in [-0.05, 0) is 41.1 Å². The van der Waals surface area contributed by atoms with Crippen LogP contribution in [0.5, 0.6) is 0 Å². The second-order valence-corrected chi connectivity index (χ2v) is 4.06. The lowest BCUT2D eigenvalue weighted by Gasteiger charge is -1.92. The van der Waals surface area contributed by atoms with Gasteiger partial charge in [0.05, 0.1) is 5.69 Å². The van der Waals surface area contributed by atoms with Gasteiger partial charge >= 0.3 is 0 Å². The molecule has 0 saturated heterocycles. The number of hydrogen-bond acceptors (Lipinski definition) is 4. The number of hydrogen-bond donors (Lipinski definition) is 0. The molecule has 0 fully saturated rings. The van der Waals surface area contributed by atoms with Crippen molar-refractivity contribution in [2.45, 2.75) is 6.92 Å².